The first-order valence-electron chi connectivity index (χ1n) is 19.4. The number of benzene rings is 2. The van der Waals surface area contributed by atoms with Crippen LogP contribution in [0.4, 0.5) is 17.6 Å². The van der Waals surface area contributed by atoms with Gasteiger partial charge in [0, 0.05) is 55.3 Å². The zero-order chi connectivity index (χ0) is 41.3. The molecule has 2 aromatic carbocycles. The summed E-state index contributed by atoms with van der Waals surface area (Å²) in [7, 11) is 3.10. The minimum absolute atomic E-state index is 0.0117. The van der Waals surface area contributed by atoms with Gasteiger partial charge in [0.25, 0.3) is 0 Å². The number of nitrogens with zero attached hydrogens (tertiary/aromatic N) is 9. The van der Waals surface area contributed by atoms with E-state index in [-0.39, 0.29) is 29.5 Å². The third kappa shape index (κ3) is 9.68. The first kappa shape index (κ1) is 41.1. The molecule has 4 N–H and O–H groups in total. The van der Waals surface area contributed by atoms with E-state index in [9.17, 15) is 9.59 Å². The lowest BCUT2D eigenvalue weighted by atomic mass is 9.89. The average molecular weight is 789 g/mol. The molecule has 6 aromatic rings. The molecule has 0 unspecified atom stereocenters. The van der Waals surface area contributed by atoms with Crippen LogP contribution >= 0.6 is 0 Å². The van der Waals surface area contributed by atoms with Gasteiger partial charge in [-0.15, -0.1) is 0 Å². The summed E-state index contributed by atoms with van der Waals surface area (Å²) in [6.45, 7) is 14.2. The van der Waals surface area contributed by atoms with Crippen molar-refractivity contribution in [2.45, 2.75) is 71.9 Å². The van der Waals surface area contributed by atoms with Crippen molar-refractivity contribution in [3.8, 4) is 12.0 Å². The maximum Gasteiger partial charge on any atom is 0.321 e. The van der Waals surface area contributed by atoms with Crippen LogP contribution in [0, 0.1) is 5.92 Å². The lowest BCUT2D eigenvalue weighted by Crippen LogP contribution is -2.39. The topological polar surface area (TPSA) is 192 Å². The van der Waals surface area contributed by atoms with E-state index in [0.29, 0.717) is 69.3 Å². The van der Waals surface area contributed by atoms with Crippen molar-refractivity contribution in [2.75, 3.05) is 43.7 Å². The number of amides is 1. The largest absolute Gasteiger partial charge is 0.467 e. The molecule has 4 aromatic heterocycles. The lowest BCUT2D eigenvalue weighted by Gasteiger charge is -2.30. The Balaban J connectivity index is 0.000000213. The molecule has 5 heterocycles. The zero-order valence-electron chi connectivity index (χ0n) is 34.0. The number of carbonyl (C=O) groups excluding carboxylic acids is 2. The molecule has 58 heavy (non-hydrogen) atoms. The van der Waals surface area contributed by atoms with Crippen molar-refractivity contribution in [2.24, 2.45) is 5.92 Å². The number of ether oxygens (including phenoxy) is 2. The molecule has 0 atom stereocenters. The van der Waals surface area contributed by atoms with Crippen molar-refractivity contribution in [3.63, 3.8) is 0 Å². The third-order valence-corrected chi connectivity index (χ3v) is 10.0. The number of piperidine rings is 1. The minimum atomic E-state index is -0.0646. The molecule has 1 aliphatic heterocycles. The van der Waals surface area contributed by atoms with Crippen LogP contribution < -0.4 is 25.8 Å². The number of Topliss-reactive ketones (excluding diaryl/α,β-unsaturated/α-hetero) is 1. The molecule has 0 aliphatic carbocycles. The fraction of sp³-hybridized carbons (Fsp3) is 0.381. The normalized spacial score (nSPS) is 13.1. The number of fused-ring (bicyclic) bond motifs is 2. The summed E-state index contributed by atoms with van der Waals surface area (Å²) in [5.41, 5.74) is 13.2. The van der Waals surface area contributed by atoms with E-state index in [1.165, 1.54) is 6.08 Å². The van der Waals surface area contributed by atoms with E-state index in [1.54, 1.807) is 28.2 Å². The van der Waals surface area contributed by atoms with Crippen LogP contribution in [-0.2, 0) is 29.1 Å². The Hall–Kier alpha value is -6.58. The number of hydrogen-bond donors (Lipinski definition) is 3. The van der Waals surface area contributed by atoms with Crippen LogP contribution in [0.5, 0.6) is 12.0 Å². The monoisotopic (exact) mass is 788 g/mol. The van der Waals surface area contributed by atoms with Crippen LogP contribution in [0.25, 0.3) is 11.3 Å². The minimum Gasteiger partial charge on any atom is -0.467 e. The van der Waals surface area contributed by atoms with Crippen molar-refractivity contribution in [1.29, 1.82) is 0 Å². The molecular formula is C42H52N12O4. The van der Waals surface area contributed by atoms with Crippen LogP contribution in [-0.4, -0.2) is 83.1 Å². The Morgan fingerprint density at radius 2 is 1.29 bits per heavy atom. The number of methoxy groups -OCH3 is 2. The Labute approximate surface area is 337 Å². The SMILES string of the molecule is C=CC(=O)N1CCC(C(=O)Cc2cccc(CNc3nc(OC)nc4c(C(C)C)cnn34)c2)CC1.COc1nc(NCc2cccc(N)c2)n2ncc(C(C)C)c2n1. The molecule has 0 saturated carbocycles. The number of anilines is 3. The maximum absolute atomic E-state index is 12.9. The van der Waals surface area contributed by atoms with Gasteiger partial charge in [0.05, 0.1) is 26.6 Å². The number of rotatable bonds is 14. The molecule has 0 bridgehead atoms. The fourth-order valence-corrected chi connectivity index (χ4v) is 6.79. The second-order valence-electron chi connectivity index (χ2n) is 14.8. The van der Waals surface area contributed by atoms with E-state index < -0.39 is 0 Å². The van der Waals surface area contributed by atoms with Crippen molar-refractivity contribution < 1.29 is 19.1 Å². The van der Waals surface area contributed by atoms with E-state index in [4.69, 9.17) is 15.2 Å². The summed E-state index contributed by atoms with van der Waals surface area (Å²) in [5, 5.41) is 15.5. The van der Waals surface area contributed by atoms with E-state index in [1.807, 2.05) is 60.9 Å². The maximum atomic E-state index is 12.9. The van der Waals surface area contributed by atoms with Gasteiger partial charge in [0.2, 0.25) is 17.8 Å². The van der Waals surface area contributed by atoms with Crippen LogP contribution in [0.2, 0.25) is 0 Å². The summed E-state index contributed by atoms with van der Waals surface area (Å²) < 4.78 is 13.9. The first-order chi connectivity index (χ1) is 28.0. The molecule has 0 radical (unpaired) electrons. The van der Waals surface area contributed by atoms with Gasteiger partial charge >= 0.3 is 12.0 Å². The number of nitrogen functional groups attached to an aromatic ring is 1. The van der Waals surface area contributed by atoms with Crippen molar-refractivity contribution in [3.05, 3.63) is 101 Å². The standard InChI is InChI=1S/C26H32N6O3.C16H20N6O/c1-5-23(34)31-11-9-20(10-12-31)22(33)14-18-7-6-8-19(13-18)15-27-25-30-26(35-4)29-24-21(17(2)3)16-28-32(24)25;1-10(2)13-9-19-22-14(13)20-16(23-3)21-15(22)18-8-11-5-4-6-12(17)7-11/h5-8,13,16-17,20H,1,9-12,14-15H2,2-4H3,(H,27,29,30);4-7,9-10H,8,17H2,1-3H3,(H,18,20,21). The molecule has 1 aliphatic rings. The number of ketones is 1. The van der Waals surface area contributed by atoms with Crippen LogP contribution in [0.3, 0.4) is 0 Å². The Morgan fingerprint density at radius 1 is 0.793 bits per heavy atom. The van der Waals surface area contributed by atoms with E-state index in [2.05, 4.69) is 75.0 Å². The molecule has 16 heteroatoms. The highest BCUT2D eigenvalue weighted by atomic mass is 16.5. The number of carbonyl (C=O) groups is 2. The molecular weight excluding hydrogens is 737 g/mol. The van der Waals surface area contributed by atoms with Gasteiger partial charge in [-0.25, -0.2) is 0 Å². The highest BCUT2D eigenvalue weighted by molar-refractivity contribution is 5.88. The third-order valence-electron chi connectivity index (χ3n) is 10.0. The van der Waals surface area contributed by atoms with Gasteiger partial charge < -0.3 is 30.7 Å². The van der Waals surface area contributed by atoms with Gasteiger partial charge in [0.1, 0.15) is 5.78 Å². The van der Waals surface area contributed by atoms with E-state index in [0.717, 1.165) is 44.8 Å². The van der Waals surface area contributed by atoms with E-state index >= 15 is 0 Å². The summed E-state index contributed by atoms with van der Waals surface area (Å²) in [6.07, 6.45) is 6.75. The number of likely N-dealkylation sites (tertiary alicyclic amines) is 1. The number of aromatic nitrogens is 8. The summed E-state index contributed by atoms with van der Waals surface area (Å²) >= 11 is 0. The number of nitrogens with two attached hydrogens (primary N) is 1. The molecule has 16 nitrogen and oxygen atoms in total. The summed E-state index contributed by atoms with van der Waals surface area (Å²) in [5.74, 6) is 1.86. The molecule has 7 rings (SSSR count). The van der Waals surface area contributed by atoms with Crippen molar-refractivity contribution >= 4 is 40.6 Å². The summed E-state index contributed by atoms with van der Waals surface area (Å²) in [4.78, 5) is 44.1. The predicted octanol–water partition coefficient (Wildman–Crippen LogP) is 5.86. The Kier molecular flexibility index (Phi) is 13.2. The van der Waals surface area contributed by atoms with Crippen molar-refractivity contribution in [1.82, 2.24) is 44.1 Å². The average Bonchev–Trinajstić information content (AvgIpc) is 3.87. The first-order valence-corrected chi connectivity index (χ1v) is 19.4. The highest BCUT2D eigenvalue weighted by Gasteiger charge is 2.26. The van der Waals surface area contributed by atoms with Crippen LogP contribution in [0.15, 0.2) is 73.6 Å². The van der Waals surface area contributed by atoms with Gasteiger partial charge in [-0.2, -0.15) is 39.2 Å². The smallest absolute Gasteiger partial charge is 0.321 e. The predicted molar refractivity (Wildman–Crippen MR) is 223 cm³/mol. The fourth-order valence-electron chi connectivity index (χ4n) is 6.79. The molecule has 1 amide bonds. The van der Waals surface area contributed by atoms with Gasteiger partial charge in [-0.3, -0.25) is 9.59 Å². The lowest BCUT2D eigenvalue weighted by molar-refractivity contribution is -0.130. The number of hydrogen-bond acceptors (Lipinski definition) is 13. The zero-order valence-corrected chi connectivity index (χ0v) is 34.0. The molecule has 304 valence electrons. The van der Waals surface area contributed by atoms with Crippen LogP contribution in [0.1, 0.15) is 80.2 Å². The quantitative estimate of drug-likeness (QED) is 0.0880. The van der Waals surface area contributed by atoms with Gasteiger partial charge in [-0.1, -0.05) is 70.7 Å². The number of nitrogens with one attached hydrogen (secondary N) is 2. The molecule has 1 fully saturated rings. The van der Waals surface area contributed by atoms with Gasteiger partial charge in [0.15, 0.2) is 11.3 Å². The molecule has 0 spiro atoms. The molecule has 1 saturated heterocycles. The summed E-state index contributed by atoms with van der Waals surface area (Å²) in [6, 6.07) is 16.3. The second kappa shape index (κ2) is 18.6. The Morgan fingerprint density at radius 3 is 1.78 bits per heavy atom. The Bertz CT molecular complexity index is 2380. The van der Waals surface area contributed by atoms with Gasteiger partial charge in [-0.05, 0) is 59.6 Å². The highest BCUT2D eigenvalue weighted by Crippen LogP contribution is 2.25. The second-order valence-corrected chi connectivity index (χ2v) is 14.8.